The van der Waals surface area contributed by atoms with Crippen LogP contribution in [0, 0.1) is 18.3 Å². The number of thiazole rings is 1. The Morgan fingerprint density at radius 2 is 2.00 bits per heavy atom. The number of hydrogen-bond acceptors (Lipinski definition) is 6. The maximum absolute atomic E-state index is 9.10. The first kappa shape index (κ1) is 15.9. The van der Waals surface area contributed by atoms with Gasteiger partial charge in [0.2, 0.25) is 0 Å². The lowest BCUT2D eigenvalue weighted by Gasteiger charge is -2.35. The quantitative estimate of drug-likeness (QED) is 0.864. The summed E-state index contributed by atoms with van der Waals surface area (Å²) in [7, 11) is 0. The van der Waals surface area contributed by atoms with E-state index in [1.165, 1.54) is 10.7 Å². The van der Waals surface area contributed by atoms with Crippen LogP contribution < -0.4 is 4.90 Å². The molecule has 3 rings (SSSR count). The molecule has 0 aliphatic carbocycles. The van der Waals surface area contributed by atoms with Crippen LogP contribution in [0.25, 0.3) is 0 Å². The molecule has 0 aromatic carbocycles. The molecule has 0 saturated carbocycles. The Bertz CT molecular complexity index is 710. The Kier molecular flexibility index (Phi) is 4.89. The molecule has 0 unspecified atom stereocenters. The van der Waals surface area contributed by atoms with E-state index in [2.05, 4.69) is 38.1 Å². The molecule has 2 aromatic heterocycles. The van der Waals surface area contributed by atoms with Gasteiger partial charge in [-0.25, -0.2) is 9.97 Å². The fourth-order valence-electron chi connectivity index (χ4n) is 2.83. The highest BCUT2D eigenvalue weighted by molar-refractivity contribution is 7.09. The number of nitrogens with zero attached hydrogens (tertiary/aromatic N) is 5. The average Bonchev–Trinajstić information content (AvgIpc) is 3.02. The van der Waals surface area contributed by atoms with Crippen molar-refractivity contribution in [3.05, 3.63) is 39.5 Å². The molecule has 0 atom stereocenters. The largest absolute Gasteiger partial charge is 0.354 e. The first-order valence-electron chi connectivity index (χ1n) is 7.97. The van der Waals surface area contributed by atoms with Gasteiger partial charge in [-0.15, -0.1) is 11.3 Å². The van der Waals surface area contributed by atoms with Gasteiger partial charge in [-0.05, 0) is 25.5 Å². The summed E-state index contributed by atoms with van der Waals surface area (Å²) in [5.74, 6) is 0.920. The smallest absolute Gasteiger partial charge is 0.130 e. The minimum atomic E-state index is 0.685. The van der Waals surface area contributed by atoms with Crippen molar-refractivity contribution < 1.29 is 0 Å². The van der Waals surface area contributed by atoms with Gasteiger partial charge < -0.3 is 4.90 Å². The third-order valence-electron chi connectivity index (χ3n) is 4.05. The normalized spacial score (nSPS) is 15.6. The lowest BCUT2D eigenvalue weighted by Crippen LogP contribution is -2.46. The van der Waals surface area contributed by atoms with Gasteiger partial charge in [-0.3, -0.25) is 4.90 Å². The molecule has 6 heteroatoms. The molecule has 0 radical (unpaired) electrons. The Balaban J connectivity index is 1.60. The number of rotatable bonds is 4. The van der Waals surface area contributed by atoms with Gasteiger partial charge in [0.15, 0.2) is 0 Å². The van der Waals surface area contributed by atoms with Crippen molar-refractivity contribution in [3.8, 4) is 6.07 Å². The highest BCUT2D eigenvalue weighted by Gasteiger charge is 2.19. The summed E-state index contributed by atoms with van der Waals surface area (Å²) in [6.45, 7) is 8.88. The van der Waals surface area contributed by atoms with Gasteiger partial charge in [0.1, 0.15) is 5.82 Å². The molecule has 3 heterocycles. The molecule has 0 N–H and O–H groups in total. The second-order valence-electron chi connectivity index (χ2n) is 5.82. The summed E-state index contributed by atoms with van der Waals surface area (Å²) in [5.41, 5.74) is 2.77. The third kappa shape index (κ3) is 3.87. The minimum Gasteiger partial charge on any atom is -0.354 e. The Morgan fingerprint density at radius 3 is 2.65 bits per heavy atom. The van der Waals surface area contributed by atoms with E-state index >= 15 is 0 Å². The predicted molar refractivity (Wildman–Crippen MR) is 92.7 cm³/mol. The number of aryl methyl sites for hydroxylation is 2. The summed E-state index contributed by atoms with van der Waals surface area (Å²) < 4.78 is 0. The Labute approximate surface area is 141 Å². The van der Waals surface area contributed by atoms with E-state index in [1.807, 2.05) is 19.1 Å². The van der Waals surface area contributed by atoms with Crippen molar-refractivity contribution in [2.45, 2.75) is 26.8 Å². The van der Waals surface area contributed by atoms with Crippen LogP contribution >= 0.6 is 11.3 Å². The fraction of sp³-hybridized carbons (Fsp3) is 0.471. The molecule has 1 aliphatic rings. The van der Waals surface area contributed by atoms with E-state index in [9.17, 15) is 0 Å². The molecule has 1 saturated heterocycles. The van der Waals surface area contributed by atoms with Crippen LogP contribution in [0.5, 0.6) is 0 Å². The molecule has 0 bridgehead atoms. The van der Waals surface area contributed by atoms with Crippen LogP contribution in [-0.2, 0) is 13.0 Å². The molecule has 23 heavy (non-hydrogen) atoms. The van der Waals surface area contributed by atoms with Crippen LogP contribution in [0.2, 0.25) is 0 Å². The molecular weight excluding hydrogens is 306 g/mol. The van der Waals surface area contributed by atoms with Crippen molar-refractivity contribution in [1.29, 1.82) is 5.26 Å². The number of hydrogen-bond donors (Lipinski definition) is 0. The van der Waals surface area contributed by atoms with E-state index < -0.39 is 0 Å². The van der Waals surface area contributed by atoms with Crippen LogP contribution in [0.3, 0.4) is 0 Å². The SMILES string of the molecule is CCc1nc(CN2CCN(c3cc(C#N)cc(C)n3)CC2)cs1. The van der Waals surface area contributed by atoms with Crippen molar-refractivity contribution in [2.24, 2.45) is 0 Å². The fourth-order valence-corrected chi connectivity index (χ4v) is 3.56. The van der Waals surface area contributed by atoms with Gasteiger partial charge in [0, 0.05) is 43.8 Å². The molecule has 1 aliphatic heterocycles. The molecule has 120 valence electrons. The second-order valence-corrected chi connectivity index (χ2v) is 6.76. The number of piperazine rings is 1. The summed E-state index contributed by atoms with van der Waals surface area (Å²) >= 11 is 1.75. The molecule has 0 amide bonds. The van der Waals surface area contributed by atoms with Crippen molar-refractivity contribution in [1.82, 2.24) is 14.9 Å². The highest BCUT2D eigenvalue weighted by Crippen LogP contribution is 2.18. The highest BCUT2D eigenvalue weighted by atomic mass is 32.1. The minimum absolute atomic E-state index is 0.685. The molecule has 1 fully saturated rings. The number of anilines is 1. The molecular formula is C17H21N5S. The first-order valence-corrected chi connectivity index (χ1v) is 8.85. The topological polar surface area (TPSA) is 56.1 Å². The van der Waals surface area contributed by atoms with Gasteiger partial charge in [0.05, 0.1) is 22.3 Å². The lowest BCUT2D eigenvalue weighted by atomic mass is 10.2. The Hall–Kier alpha value is -1.97. The Morgan fingerprint density at radius 1 is 1.22 bits per heavy atom. The van der Waals surface area contributed by atoms with Gasteiger partial charge in [0.25, 0.3) is 0 Å². The summed E-state index contributed by atoms with van der Waals surface area (Å²) in [5, 5.41) is 12.5. The summed E-state index contributed by atoms with van der Waals surface area (Å²) in [4.78, 5) is 13.9. The lowest BCUT2D eigenvalue weighted by molar-refractivity contribution is 0.247. The zero-order valence-corrected chi connectivity index (χ0v) is 14.4. The zero-order chi connectivity index (χ0) is 16.2. The van der Waals surface area contributed by atoms with Crippen LogP contribution in [0.15, 0.2) is 17.5 Å². The predicted octanol–water partition coefficient (Wildman–Crippen LogP) is 2.60. The maximum Gasteiger partial charge on any atom is 0.130 e. The van der Waals surface area contributed by atoms with Gasteiger partial charge >= 0.3 is 0 Å². The van der Waals surface area contributed by atoms with E-state index in [0.29, 0.717) is 5.56 Å². The number of pyridine rings is 1. The van der Waals surface area contributed by atoms with E-state index in [4.69, 9.17) is 5.26 Å². The number of aromatic nitrogens is 2. The average molecular weight is 327 g/mol. The summed E-state index contributed by atoms with van der Waals surface area (Å²) in [6, 6.07) is 5.92. The zero-order valence-electron chi connectivity index (χ0n) is 13.6. The monoisotopic (exact) mass is 327 g/mol. The molecule has 2 aromatic rings. The standard InChI is InChI=1S/C17H21N5S/c1-3-17-20-15(12-23-17)11-21-4-6-22(7-5-21)16-9-14(10-18)8-13(2)19-16/h8-9,12H,3-7,11H2,1-2H3. The van der Waals surface area contributed by atoms with Gasteiger partial charge in [-0.2, -0.15) is 5.26 Å². The van der Waals surface area contributed by atoms with Crippen LogP contribution in [0.4, 0.5) is 5.82 Å². The number of nitriles is 1. The van der Waals surface area contributed by atoms with Gasteiger partial charge in [-0.1, -0.05) is 6.92 Å². The van der Waals surface area contributed by atoms with E-state index in [-0.39, 0.29) is 0 Å². The van der Waals surface area contributed by atoms with Crippen molar-refractivity contribution >= 4 is 17.2 Å². The summed E-state index contributed by atoms with van der Waals surface area (Å²) in [6.07, 6.45) is 1.01. The maximum atomic E-state index is 9.10. The van der Waals surface area contributed by atoms with Crippen molar-refractivity contribution in [2.75, 3.05) is 31.1 Å². The van der Waals surface area contributed by atoms with E-state index in [1.54, 1.807) is 11.3 Å². The van der Waals surface area contributed by atoms with Crippen LogP contribution in [-0.4, -0.2) is 41.0 Å². The second kappa shape index (κ2) is 7.07. The van der Waals surface area contributed by atoms with E-state index in [0.717, 1.165) is 50.7 Å². The third-order valence-corrected chi connectivity index (χ3v) is 5.09. The van der Waals surface area contributed by atoms with Crippen molar-refractivity contribution in [3.63, 3.8) is 0 Å². The van der Waals surface area contributed by atoms with Crippen LogP contribution in [0.1, 0.15) is 28.9 Å². The molecule has 5 nitrogen and oxygen atoms in total. The molecule has 0 spiro atoms. The first-order chi connectivity index (χ1) is 11.2.